The van der Waals surface area contributed by atoms with Crippen molar-refractivity contribution in [2.75, 3.05) is 19.6 Å². The Morgan fingerprint density at radius 2 is 2.04 bits per heavy atom. The predicted molar refractivity (Wildman–Crippen MR) is 93.7 cm³/mol. The molecule has 1 aliphatic rings. The van der Waals surface area contributed by atoms with Crippen molar-refractivity contribution in [2.24, 2.45) is 0 Å². The number of hydrogen-bond acceptors (Lipinski definition) is 4. The highest BCUT2D eigenvalue weighted by Crippen LogP contribution is 2.30. The quantitative estimate of drug-likeness (QED) is 0.926. The van der Waals surface area contributed by atoms with E-state index in [0.29, 0.717) is 35.2 Å². The van der Waals surface area contributed by atoms with Gasteiger partial charge in [0.25, 0.3) is 5.91 Å². The smallest absolute Gasteiger partial charge is 0.254 e. The van der Waals surface area contributed by atoms with E-state index in [1.807, 2.05) is 4.90 Å². The fourth-order valence-electron chi connectivity index (χ4n) is 2.75. The number of pyridine rings is 1. The van der Waals surface area contributed by atoms with Crippen LogP contribution >= 0.6 is 11.6 Å². The number of aromatic nitrogens is 1. The minimum absolute atomic E-state index is 0.0121. The molecular weight excluding hydrogens is 326 g/mol. The Morgan fingerprint density at radius 3 is 2.71 bits per heavy atom. The van der Waals surface area contributed by atoms with Crippen LogP contribution in [0.2, 0.25) is 5.02 Å². The highest BCUT2D eigenvalue weighted by molar-refractivity contribution is 6.32. The molecule has 1 N–H and O–H groups in total. The van der Waals surface area contributed by atoms with Crippen LogP contribution in [0.15, 0.2) is 42.7 Å². The number of carbonyl (C=O) groups is 1. The molecule has 0 aliphatic carbocycles. The molecule has 24 heavy (non-hydrogen) atoms. The summed E-state index contributed by atoms with van der Waals surface area (Å²) in [6.45, 7) is 6.32. The van der Waals surface area contributed by atoms with Gasteiger partial charge in [0.1, 0.15) is 11.5 Å². The number of halogens is 1. The van der Waals surface area contributed by atoms with Crippen LogP contribution in [0.5, 0.6) is 11.5 Å². The van der Waals surface area contributed by atoms with E-state index in [1.165, 1.54) is 0 Å². The number of ether oxygens (including phenoxy) is 1. The zero-order valence-corrected chi connectivity index (χ0v) is 14.5. The lowest BCUT2D eigenvalue weighted by Crippen LogP contribution is -2.58. The average Bonchev–Trinajstić information content (AvgIpc) is 2.56. The molecule has 1 aromatic heterocycles. The molecule has 3 rings (SSSR count). The molecule has 1 fully saturated rings. The number of nitrogens with one attached hydrogen (secondary N) is 1. The second kappa shape index (κ2) is 6.79. The van der Waals surface area contributed by atoms with Crippen LogP contribution in [0, 0.1) is 0 Å². The normalized spacial score (nSPS) is 16.7. The third-order valence-electron chi connectivity index (χ3n) is 3.92. The third-order valence-corrected chi connectivity index (χ3v) is 4.21. The first-order valence-corrected chi connectivity index (χ1v) is 8.24. The Bertz CT molecular complexity index is 734. The monoisotopic (exact) mass is 345 g/mol. The van der Waals surface area contributed by atoms with Crippen molar-refractivity contribution in [3.8, 4) is 11.5 Å². The number of carbonyl (C=O) groups excluding carboxylic acids is 1. The van der Waals surface area contributed by atoms with Crippen LogP contribution in [0.25, 0.3) is 0 Å². The Balaban J connectivity index is 1.75. The Hall–Kier alpha value is -2.11. The molecule has 0 saturated carbocycles. The van der Waals surface area contributed by atoms with E-state index in [4.69, 9.17) is 16.3 Å². The molecular formula is C18H20ClN3O2. The van der Waals surface area contributed by atoms with Gasteiger partial charge in [-0.05, 0) is 44.2 Å². The van der Waals surface area contributed by atoms with E-state index in [-0.39, 0.29) is 11.4 Å². The van der Waals surface area contributed by atoms with Gasteiger partial charge in [-0.15, -0.1) is 0 Å². The summed E-state index contributed by atoms with van der Waals surface area (Å²) in [5.74, 6) is 1.15. The molecule has 0 unspecified atom stereocenters. The number of nitrogens with zero attached hydrogens (tertiary/aromatic N) is 2. The van der Waals surface area contributed by atoms with Crippen molar-refractivity contribution < 1.29 is 9.53 Å². The number of amides is 1. The van der Waals surface area contributed by atoms with Crippen LogP contribution in [-0.2, 0) is 0 Å². The molecule has 126 valence electrons. The molecule has 0 spiro atoms. The maximum Gasteiger partial charge on any atom is 0.254 e. The first-order chi connectivity index (χ1) is 11.4. The second-order valence-electron chi connectivity index (χ2n) is 6.47. The maximum absolute atomic E-state index is 12.7. The van der Waals surface area contributed by atoms with Gasteiger partial charge >= 0.3 is 0 Å². The topological polar surface area (TPSA) is 54.5 Å². The third kappa shape index (κ3) is 3.86. The molecule has 2 heterocycles. The van der Waals surface area contributed by atoms with E-state index in [9.17, 15) is 4.79 Å². The lowest BCUT2D eigenvalue weighted by molar-refractivity contribution is 0.0652. The van der Waals surface area contributed by atoms with Crippen LogP contribution < -0.4 is 10.1 Å². The molecule has 1 saturated heterocycles. The van der Waals surface area contributed by atoms with Crippen molar-refractivity contribution in [3.05, 3.63) is 53.3 Å². The molecule has 1 amide bonds. The van der Waals surface area contributed by atoms with Gasteiger partial charge in [-0.1, -0.05) is 11.6 Å². The first-order valence-electron chi connectivity index (χ1n) is 7.86. The molecule has 6 heteroatoms. The van der Waals surface area contributed by atoms with Crippen molar-refractivity contribution >= 4 is 17.5 Å². The zero-order valence-electron chi connectivity index (χ0n) is 13.8. The summed E-state index contributed by atoms with van der Waals surface area (Å²) in [6.07, 6.45) is 3.29. The summed E-state index contributed by atoms with van der Waals surface area (Å²) in [4.78, 5) is 18.5. The number of hydrogen-bond donors (Lipinski definition) is 1. The van der Waals surface area contributed by atoms with Crippen molar-refractivity contribution in [1.82, 2.24) is 15.2 Å². The fourth-order valence-corrected chi connectivity index (χ4v) is 2.97. The highest BCUT2D eigenvalue weighted by Gasteiger charge is 2.29. The second-order valence-corrected chi connectivity index (χ2v) is 6.87. The van der Waals surface area contributed by atoms with Gasteiger partial charge in [0.15, 0.2) is 0 Å². The van der Waals surface area contributed by atoms with E-state index in [0.717, 1.165) is 6.54 Å². The van der Waals surface area contributed by atoms with Gasteiger partial charge in [0.05, 0.1) is 5.02 Å². The lowest BCUT2D eigenvalue weighted by Gasteiger charge is -2.39. The lowest BCUT2D eigenvalue weighted by atomic mass is 10.0. The fraction of sp³-hybridized carbons (Fsp3) is 0.333. The predicted octanol–water partition coefficient (Wildman–Crippen LogP) is 3.35. The van der Waals surface area contributed by atoms with Gasteiger partial charge in [0.2, 0.25) is 0 Å². The van der Waals surface area contributed by atoms with E-state index >= 15 is 0 Å². The molecule has 0 bridgehead atoms. The molecule has 1 aliphatic heterocycles. The van der Waals surface area contributed by atoms with Gasteiger partial charge in [-0.2, -0.15) is 0 Å². The standard InChI is InChI=1S/C18H20ClN3O2/c1-18(2)12-22(10-9-21-18)17(23)13-3-4-16(15(19)11-13)24-14-5-7-20-8-6-14/h3-8,11,21H,9-10,12H2,1-2H3. The molecule has 2 aromatic rings. The Labute approximate surface area is 146 Å². The molecule has 5 nitrogen and oxygen atoms in total. The van der Waals surface area contributed by atoms with E-state index in [2.05, 4.69) is 24.1 Å². The summed E-state index contributed by atoms with van der Waals surface area (Å²) in [5.41, 5.74) is 0.488. The molecule has 1 aromatic carbocycles. The average molecular weight is 346 g/mol. The number of benzene rings is 1. The largest absolute Gasteiger partial charge is 0.456 e. The van der Waals surface area contributed by atoms with Gasteiger partial charge in [0, 0.05) is 43.1 Å². The van der Waals surface area contributed by atoms with Crippen molar-refractivity contribution in [2.45, 2.75) is 19.4 Å². The van der Waals surface area contributed by atoms with E-state index < -0.39 is 0 Å². The SMILES string of the molecule is CC1(C)CN(C(=O)c2ccc(Oc3ccncc3)c(Cl)c2)CCN1. The summed E-state index contributed by atoms with van der Waals surface area (Å²) < 4.78 is 5.72. The van der Waals surface area contributed by atoms with Crippen LogP contribution in [0.3, 0.4) is 0 Å². The van der Waals surface area contributed by atoms with E-state index in [1.54, 1.807) is 42.7 Å². The zero-order chi connectivity index (χ0) is 17.2. The summed E-state index contributed by atoms with van der Waals surface area (Å²) in [5, 5.41) is 3.81. The van der Waals surface area contributed by atoms with Crippen LogP contribution in [-0.4, -0.2) is 41.0 Å². The van der Waals surface area contributed by atoms with Gasteiger partial charge in [-0.25, -0.2) is 0 Å². The van der Waals surface area contributed by atoms with Crippen LogP contribution in [0.1, 0.15) is 24.2 Å². The Kier molecular flexibility index (Phi) is 4.73. The first kappa shape index (κ1) is 16.7. The minimum atomic E-state index is -0.0812. The summed E-state index contributed by atoms with van der Waals surface area (Å²) in [6, 6.07) is 8.63. The van der Waals surface area contributed by atoms with Gasteiger partial charge < -0.3 is 15.0 Å². The van der Waals surface area contributed by atoms with Crippen molar-refractivity contribution in [3.63, 3.8) is 0 Å². The maximum atomic E-state index is 12.7. The van der Waals surface area contributed by atoms with Crippen LogP contribution in [0.4, 0.5) is 0 Å². The van der Waals surface area contributed by atoms with Crippen molar-refractivity contribution in [1.29, 1.82) is 0 Å². The number of piperazine rings is 1. The number of rotatable bonds is 3. The summed E-state index contributed by atoms with van der Waals surface area (Å²) >= 11 is 6.29. The Morgan fingerprint density at radius 1 is 1.29 bits per heavy atom. The minimum Gasteiger partial charge on any atom is -0.456 e. The summed E-state index contributed by atoms with van der Waals surface area (Å²) in [7, 11) is 0. The molecule has 0 atom stereocenters. The molecule has 0 radical (unpaired) electrons. The van der Waals surface area contributed by atoms with Gasteiger partial charge in [-0.3, -0.25) is 9.78 Å². The highest BCUT2D eigenvalue weighted by atomic mass is 35.5.